The van der Waals surface area contributed by atoms with Crippen LogP contribution < -0.4 is 20.7 Å². The van der Waals surface area contributed by atoms with Gasteiger partial charge >= 0.3 is 0 Å². The fourth-order valence-corrected chi connectivity index (χ4v) is 2.98. The zero-order valence-electron chi connectivity index (χ0n) is 11.9. The van der Waals surface area contributed by atoms with Crippen LogP contribution in [0.15, 0.2) is 18.2 Å². The van der Waals surface area contributed by atoms with Crippen molar-refractivity contribution in [2.24, 2.45) is 5.84 Å². The van der Waals surface area contributed by atoms with E-state index >= 15 is 0 Å². The van der Waals surface area contributed by atoms with Crippen LogP contribution in [0.3, 0.4) is 0 Å². The summed E-state index contributed by atoms with van der Waals surface area (Å²) in [4.78, 5) is 0. The van der Waals surface area contributed by atoms with Crippen molar-refractivity contribution < 1.29 is 14.2 Å². The number of nitrogens with two attached hydrogens (primary N) is 1. The maximum Gasteiger partial charge on any atom is 0.161 e. The van der Waals surface area contributed by atoms with Crippen molar-refractivity contribution in [3.63, 3.8) is 0 Å². The number of hydrazine groups is 1. The summed E-state index contributed by atoms with van der Waals surface area (Å²) in [6.45, 7) is 1.21. The molecule has 1 saturated carbocycles. The van der Waals surface area contributed by atoms with Crippen LogP contribution in [-0.2, 0) is 4.74 Å². The molecule has 0 radical (unpaired) electrons. The second kappa shape index (κ2) is 5.60. The topological polar surface area (TPSA) is 65.7 Å². The Morgan fingerprint density at radius 2 is 2.05 bits per heavy atom. The molecule has 0 spiro atoms. The van der Waals surface area contributed by atoms with E-state index in [4.69, 9.17) is 20.1 Å². The van der Waals surface area contributed by atoms with Gasteiger partial charge in [-0.25, -0.2) is 0 Å². The van der Waals surface area contributed by atoms with E-state index in [1.807, 2.05) is 18.2 Å². The number of nitrogens with one attached hydrogen (secondary N) is 1. The first-order valence-corrected chi connectivity index (χ1v) is 7.17. The highest BCUT2D eigenvalue weighted by molar-refractivity contribution is 5.44. The van der Waals surface area contributed by atoms with Gasteiger partial charge in [-0.1, -0.05) is 6.07 Å². The lowest BCUT2D eigenvalue weighted by atomic mass is 9.75. The number of benzene rings is 1. The average molecular weight is 278 g/mol. The highest BCUT2D eigenvalue weighted by Gasteiger charge is 2.39. The summed E-state index contributed by atoms with van der Waals surface area (Å²) in [7, 11) is 1.79. The Kier molecular flexibility index (Phi) is 3.83. The zero-order valence-corrected chi connectivity index (χ0v) is 11.9. The Morgan fingerprint density at radius 3 is 2.65 bits per heavy atom. The van der Waals surface area contributed by atoms with E-state index in [9.17, 15) is 0 Å². The molecule has 20 heavy (non-hydrogen) atoms. The van der Waals surface area contributed by atoms with E-state index < -0.39 is 0 Å². The molecule has 0 amide bonds. The normalized spacial score (nSPS) is 21.1. The molecule has 0 aromatic heterocycles. The van der Waals surface area contributed by atoms with Crippen LogP contribution in [0.5, 0.6) is 11.5 Å². The van der Waals surface area contributed by atoms with E-state index in [1.54, 1.807) is 7.11 Å². The van der Waals surface area contributed by atoms with Crippen LogP contribution in [0, 0.1) is 0 Å². The minimum Gasteiger partial charge on any atom is -0.486 e. The standard InChI is InChI=1S/C15H22N2O3/c1-18-15(5-2-6-15)10-12(17-16)11-3-4-13-14(9-11)20-8-7-19-13/h3-4,9,12,17H,2,5-8,10,16H2,1H3. The monoisotopic (exact) mass is 278 g/mol. The van der Waals surface area contributed by atoms with Gasteiger partial charge < -0.3 is 14.2 Å². The quantitative estimate of drug-likeness (QED) is 0.636. The Hall–Kier alpha value is -1.30. The predicted octanol–water partition coefficient (Wildman–Crippen LogP) is 1.92. The molecule has 3 rings (SSSR count). The number of fused-ring (bicyclic) bond motifs is 1. The molecule has 1 heterocycles. The molecule has 5 heteroatoms. The molecule has 1 aromatic rings. The first-order valence-electron chi connectivity index (χ1n) is 7.17. The van der Waals surface area contributed by atoms with Crippen molar-refractivity contribution in [2.45, 2.75) is 37.3 Å². The van der Waals surface area contributed by atoms with Gasteiger partial charge in [0, 0.05) is 13.2 Å². The molecular weight excluding hydrogens is 256 g/mol. The van der Waals surface area contributed by atoms with Crippen molar-refractivity contribution in [2.75, 3.05) is 20.3 Å². The molecule has 1 aromatic carbocycles. The molecule has 1 aliphatic heterocycles. The second-order valence-corrected chi connectivity index (χ2v) is 5.57. The van der Waals surface area contributed by atoms with Gasteiger partial charge in [0.2, 0.25) is 0 Å². The molecule has 110 valence electrons. The van der Waals surface area contributed by atoms with Crippen molar-refractivity contribution >= 4 is 0 Å². The fourth-order valence-electron chi connectivity index (χ4n) is 2.98. The summed E-state index contributed by atoms with van der Waals surface area (Å²) >= 11 is 0. The van der Waals surface area contributed by atoms with Crippen LogP contribution in [0.25, 0.3) is 0 Å². The smallest absolute Gasteiger partial charge is 0.161 e. The summed E-state index contributed by atoms with van der Waals surface area (Å²) < 4.78 is 16.9. The highest BCUT2D eigenvalue weighted by atomic mass is 16.6. The van der Waals surface area contributed by atoms with Gasteiger partial charge in [0.1, 0.15) is 13.2 Å². The van der Waals surface area contributed by atoms with Gasteiger partial charge in [-0.05, 0) is 43.4 Å². The van der Waals surface area contributed by atoms with E-state index in [1.165, 1.54) is 6.42 Å². The van der Waals surface area contributed by atoms with Gasteiger partial charge in [0.15, 0.2) is 11.5 Å². The van der Waals surface area contributed by atoms with Gasteiger partial charge in [-0.2, -0.15) is 0 Å². The van der Waals surface area contributed by atoms with E-state index in [-0.39, 0.29) is 11.6 Å². The molecule has 1 atom stereocenters. The number of hydrogen-bond donors (Lipinski definition) is 2. The third kappa shape index (κ3) is 2.49. The maximum absolute atomic E-state index is 5.74. The lowest BCUT2D eigenvalue weighted by molar-refractivity contribution is -0.0838. The molecule has 0 saturated heterocycles. The molecule has 0 bridgehead atoms. The van der Waals surface area contributed by atoms with E-state index in [2.05, 4.69) is 5.43 Å². The number of methoxy groups -OCH3 is 1. The van der Waals surface area contributed by atoms with Crippen molar-refractivity contribution in [3.05, 3.63) is 23.8 Å². The number of rotatable bonds is 5. The molecule has 5 nitrogen and oxygen atoms in total. The lowest BCUT2D eigenvalue weighted by Crippen LogP contribution is -2.44. The minimum absolute atomic E-state index is 0.0235. The highest BCUT2D eigenvalue weighted by Crippen LogP contribution is 2.42. The van der Waals surface area contributed by atoms with Crippen molar-refractivity contribution in [1.29, 1.82) is 0 Å². The van der Waals surface area contributed by atoms with E-state index in [0.717, 1.165) is 36.3 Å². The summed E-state index contributed by atoms with van der Waals surface area (Å²) in [6.07, 6.45) is 4.31. The fraction of sp³-hybridized carbons (Fsp3) is 0.600. The van der Waals surface area contributed by atoms with Gasteiger partial charge in [0.05, 0.1) is 5.60 Å². The molecule has 3 N–H and O–H groups in total. The summed E-state index contributed by atoms with van der Waals surface area (Å²) in [5.41, 5.74) is 3.99. The third-order valence-electron chi connectivity index (χ3n) is 4.44. The largest absolute Gasteiger partial charge is 0.486 e. The zero-order chi connectivity index (χ0) is 14.0. The van der Waals surface area contributed by atoms with Crippen LogP contribution in [0.4, 0.5) is 0 Å². The van der Waals surface area contributed by atoms with Crippen molar-refractivity contribution in [3.8, 4) is 11.5 Å². The summed E-state index contributed by atoms with van der Waals surface area (Å²) in [5.74, 6) is 7.35. The minimum atomic E-state index is -0.0235. The molecule has 2 aliphatic rings. The average Bonchev–Trinajstić information content (AvgIpc) is 2.46. The van der Waals surface area contributed by atoms with Gasteiger partial charge in [-0.15, -0.1) is 0 Å². The summed E-state index contributed by atoms with van der Waals surface area (Å²) in [6, 6.07) is 6.07. The molecule has 1 unspecified atom stereocenters. The molecule has 1 aliphatic carbocycles. The predicted molar refractivity (Wildman–Crippen MR) is 75.7 cm³/mol. The van der Waals surface area contributed by atoms with Crippen molar-refractivity contribution in [1.82, 2.24) is 5.43 Å². The van der Waals surface area contributed by atoms with E-state index in [0.29, 0.717) is 13.2 Å². The van der Waals surface area contributed by atoms with Crippen LogP contribution >= 0.6 is 0 Å². The Balaban J connectivity index is 1.78. The Labute approximate surface area is 119 Å². The first-order chi connectivity index (χ1) is 9.76. The number of ether oxygens (including phenoxy) is 3. The van der Waals surface area contributed by atoms with Gasteiger partial charge in [0.25, 0.3) is 0 Å². The summed E-state index contributed by atoms with van der Waals surface area (Å²) in [5, 5.41) is 0. The van der Waals surface area contributed by atoms with Crippen LogP contribution in [0.2, 0.25) is 0 Å². The SMILES string of the molecule is COC1(CC(NN)c2ccc3c(c2)OCCO3)CCC1. The Morgan fingerprint density at radius 1 is 1.30 bits per heavy atom. The third-order valence-corrected chi connectivity index (χ3v) is 4.44. The molecule has 1 fully saturated rings. The maximum atomic E-state index is 5.74. The van der Waals surface area contributed by atoms with Crippen LogP contribution in [-0.4, -0.2) is 25.9 Å². The first kappa shape index (κ1) is 13.7. The Bertz CT molecular complexity index is 469. The van der Waals surface area contributed by atoms with Gasteiger partial charge in [-0.3, -0.25) is 11.3 Å². The number of hydrogen-bond acceptors (Lipinski definition) is 5. The lowest BCUT2D eigenvalue weighted by Gasteiger charge is -2.42. The molecular formula is C15H22N2O3. The second-order valence-electron chi connectivity index (χ2n) is 5.57. The van der Waals surface area contributed by atoms with Crippen LogP contribution in [0.1, 0.15) is 37.3 Å².